The fourth-order valence-electron chi connectivity index (χ4n) is 3.94. The average Bonchev–Trinajstić information content (AvgIpc) is 3.35. The fourth-order valence-corrected chi connectivity index (χ4v) is 4.91. The van der Waals surface area contributed by atoms with Gasteiger partial charge < -0.3 is 14.7 Å². The molecule has 1 aromatic carbocycles. The van der Waals surface area contributed by atoms with Crippen LogP contribution in [0.2, 0.25) is 0 Å². The average molecular weight is 478 g/mol. The van der Waals surface area contributed by atoms with Crippen molar-refractivity contribution in [3.63, 3.8) is 0 Å². The summed E-state index contributed by atoms with van der Waals surface area (Å²) in [5.74, 6) is -5.09. The summed E-state index contributed by atoms with van der Waals surface area (Å²) in [6.07, 6.45) is 3.37. The van der Waals surface area contributed by atoms with E-state index < -0.39 is 36.4 Å². The molecule has 1 aromatic heterocycles. The number of methoxy groups -OCH3 is 1. The Balaban J connectivity index is 1.58. The molecule has 33 heavy (non-hydrogen) atoms. The van der Waals surface area contributed by atoms with Gasteiger partial charge in [0.1, 0.15) is 4.88 Å². The lowest BCUT2D eigenvalue weighted by molar-refractivity contribution is -0.148. The number of rotatable bonds is 10. The van der Waals surface area contributed by atoms with E-state index in [1.54, 1.807) is 12.1 Å². The quantitative estimate of drug-likeness (QED) is 0.404. The molecular formula is C25H29F2NO4S. The van der Waals surface area contributed by atoms with Gasteiger partial charge in [0.05, 0.1) is 19.3 Å². The van der Waals surface area contributed by atoms with Crippen molar-refractivity contribution < 1.29 is 28.2 Å². The Morgan fingerprint density at radius 3 is 2.73 bits per heavy atom. The van der Waals surface area contributed by atoms with E-state index in [9.17, 15) is 23.5 Å². The molecule has 0 saturated carbocycles. The zero-order chi connectivity index (χ0) is 24.0. The van der Waals surface area contributed by atoms with Gasteiger partial charge in [-0.05, 0) is 42.9 Å². The zero-order valence-corrected chi connectivity index (χ0v) is 19.6. The van der Waals surface area contributed by atoms with Gasteiger partial charge in [0.2, 0.25) is 0 Å². The highest BCUT2D eigenvalue weighted by atomic mass is 32.1. The minimum Gasteiger partial charge on any atom is -0.465 e. The number of alkyl halides is 2. The summed E-state index contributed by atoms with van der Waals surface area (Å²) in [6, 6.07) is 12.5. The number of hydrogen-bond acceptors (Lipinski definition) is 5. The number of thiophene rings is 1. The van der Waals surface area contributed by atoms with Gasteiger partial charge >= 0.3 is 11.9 Å². The fraction of sp³-hybridized carbons (Fsp3) is 0.440. The number of hydrogen-bond donors (Lipinski definition) is 1. The molecule has 1 aliphatic rings. The Morgan fingerprint density at radius 1 is 1.30 bits per heavy atom. The van der Waals surface area contributed by atoms with Crippen molar-refractivity contribution in [3.05, 3.63) is 69.9 Å². The number of likely N-dealkylation sites (tertiary alicyclic amines) is 1. The molecule has 2 heterocycles. The molecule has 1 aliphatic heterocycles. The Kier molecular flexibility index (Phi) is 8.37. The highest BCUT2D eigenvalue weighted by molar-refractivity contribution is 7.13. The summed E-state index contributed by atoms with van der Waals surface area (Å²) in [5, 5.41) is 10.5. The Morgan fingerprint density at radius 2 is 2.03 bits per heavy atom. The molecule has 1 unspecified atom stereocenters. The Bertz CT molecular complexity index is 976. The van der Waals surface area contributed by atoms with Crippen LogP contribution in [-0.2, 0) is 22.4 Å². The van der Waals surface area contributed by atoms with Crippen molar-refractivity contribution in [2.75, 3.05) is 13.7 Å². The number of carbonyl (C=O) groups is 2. The predicted molar refractivity (Wildman–Crippen MR) is 124 cm³/mol. The molecule has 5 nitrogen and oxygen atoms in total. The summed E-state index contributed by atoms with van der Waals surface area (Å²) >= 11 is 1.29. The van der Waals surface area contributed by atoms with Gasteiger partial charge in [-0.3, -0.25) is 4.79 Å². The van der Waals surface area contributed by atoms with Gasteiger partial charge in [-0.2, -0.15) is 8.78 Å². The maximum Gasteiger partial charge on any atom is 0.348 e. The van der Waals surface area contributed by atoms with Gasteiger partial charge in [0.15, 0.2) is 0 Å². The number of amides is 1. The van der Waals surface area contributed by atoms with E-state index in [1.165, 1.54) is 35.5 Å². The number of aliphatic hydroxyl groups is 1. The van der Waals surface area contributed by atoms with E-state index in [0.717, 1.165) is 10.4 Å². The topological polar surface area (TPSA) is 66.8 Å². The van der Waals surface area contributed by atoms with E-state index in [1.807, 2.05) is 37.3 Å². The van der Waals surface area contributed by atoms with Crippen LogP contribution in [0.3, 0.4) is 0 Å². The highest BCUT2D eigenvalue weighted by Crippen LogP contribution is 2.34. The monoisotopic (exact) mass is 477 g/mol. The second-order valence-corrected chi connectivity index (χ2v) is 9.55. The molecular weight excluding hydrogens is 448 g/mol. The van der Waals surface area contributed by atoms with E-state index in [-0.39, 0.29) is 12.5 Å². The van der Waals surface area contributed by atoms with Crippen LogP contribution in [-0.4, -0.2) is 53.6 Å². The van der Waals surface area contributed by atoms with Crippen LogP contribution in [0, 0.1) is 5.92 Å². The second kappa shape index (κ2) is 11.0. The number of aliphatic hydroxyl groups excluding tert-OH is 1. The maximum atomic E-state index is 14.2. The molecule has 3 atom stereocenters. The maximum absolute atomic E-state index is 14.2. The molecule has 1 N–H and O–H groups in total. The summed E-state index contributed by atoms with van der Waals surface area (Å²) in [4.78, 5) is 26.4. The van der Waals surface area contributed by atoms with Crippen LogP contribution in [0.1, 0.15) is 39.9 Å². The van der Waals surface area contributed by atoms with E-state index in [4.69, 9.17) is 0 Å². The van der Waals surface area contributed by atoms with E-state index in [0.29, 0.717) is 24.1 Å². The lowest BCUT2D eigenvalue weighted by Gasteiger charge is -2.22. The Hall–Kier alpha value is -2.58. The third-order valence-electron chi connectivity index (χ3n) is 5.82. The van der Waals surface area contributed by atoms with Gasteiger partial charge in [-0.15, -0.1) is 11.3 Å². The molecule has 178 valence electrons. The number of carbonyl (C=O) groups excluding carboxylic acids is 2. The number of halogens is 2. The zero-order valence-electron chi connectivity index (χ0n) is 18.7. The van der Waals surface area contributed by atoms with Gasteiger partial charge in [0.25, 0.3) is 5.91 Å². The molecule has 3 rings (SSSR count). The predicted octanol–water partition coefficient (Wildman–Crippen LogP) is 4.50. The highest BCUT2D eigenvalue weighted by Gasteiger charge is 2.52. The number of aryl methyl sites for hydroxylation is 1. The summed E-state index contributed by atoms with van der Waals surface area (Å²) in [6.45, 7) is 2.07. The first-order valence-corrected chi connectivity index (χ1v) is 11.8. The summed E-state index contributed by atoms with van der Waals surface area (Å²) in [7, 11) is 1.31. The lowest BCUT2D eigenvalue weighted by atomic mass is 9.95. The van der Waals surface area contributed by atoms with Crippen LogP contribution in [0.5, 0.6) is 0 Å². The van der Waals surface area contributed by atoms with Gasteiger partial charge in [-0.25, -0.2) is 4.79 Å². The van der Waals surface area contributed by atoms with Crippen molar-refractivity contribution in [1.29, 1.82) is 0 Å². The molecule has 1 saturated heterocycles. The molecule has 2 aromatic rings. The number of nitrogens with zero attached hydrogens (tertiary/aromatic N) is 1. The van der Waals surface area contributed by atoms with Crippen molar-refractivity contribution in [1.82, 2.24) is 4.90 Å². The van der Waals surface area contributed by atoms with E-state index in [2.05, 4.69) is 4.74 Å². The van der Waals surface area contributed by atoms with Crippen molar-refractivity contribution in [3.8, 4) is 0 Å². The number of esters is 1. The molecule has 1 fully saturated rings. The standard InChI is InChI=1S/C25H29F2NO4S/c1-17(15-18-7-4-3-5-8-18)21(29)12-10-19-16-25(26,27)24(31)28(19)14-6-9-20-11-13-22(33-20)23(30)32-2/h3-5,7-8,10-13,17,19,21,29H,6,9,14-16H2,1-2H3/t17-,19-,21?/m0/s1. The lowest BCUT2D eigenvalue weighted by Crippen LogP contribution is -2.37. The van der Waals surface area contributed by atoms with Crippen LogP contribution in [0.4, 0.5) is 8.78 Å². The first-order chi connectivity index (χ1) is 15.7. The first kappa shape index (κ1) is 25.1. The summed E-state index contributed by atoms with van der Waals surface area (Å²) < 4.78 is 33.0. The molecule has 8 heteroatoms. The van der Waals surface area contributed by atoms with E-state index >= 15 is 0 Å². The van der Waals surface area contributed by atoms with Crippen LogP contribution >= 0.6 is 11.3 Å². The van der Waals surface area contributed by atoms with Crippen molar-refractivity contribution in [2.24, 2.45) is 5.92 Å². The number of benzene rings is 1. The summed E-state index contributed by atoms with van der Waals surface area (Å²) in [5.41, 5.74) is 1.09. The molecule has 1 amide bonds. The van der Waals surface area contributed by atoms with Crippen molar-refractivity contribution in [2.45, 2.75) is 50.7 Å². The van der Waals surface area contributed by atoms with Gasteiger partial charge in [-0.1, -0.05) is 49.4 Å². The van der Waals surface area contributed by atoms with Crippen LogP contribution in [0.15, 0.2) is 54.6 Å². The molecule has 0 radical (unpaired) electrons. The minimum atomic E-state index is -3.41. The smallest absolute Gasteiger partial charge is 0.348 e. The largest absolute Gasteiger partial charge is 0.465 e. The molecule has 0 aliphatic carbocycles. The van der Waals surface area contributed by atoms with Crippen molar-refractivity contribution >= 4 is 23.2 Å². The SMILES string of the molecule is COC(=O)c1ccc(CCCN2C(=O)C(F)(F)C[C@@H]2C=CC(O)[C@@H](C)Cc2ccccc2)s1. The third-order valence-corrected chi connectivity index (χ3v) is 6.95. The first-order valence-electron chi connectivity index (χ1n) is 11.0. The van der Waals surface area contributed by atoms with Crippen LogP contribution < -0.4 is 0 Å². The molecule has 0 bridgehead atoms. The normalized spacial score (nSPS) is 19.7. The molecule has 0 spiro atoms. The minimum absolute atomic E-state index is 0.0995. The Labute approximate surface area is 196 Å². The number of ether oxygens (including phenoxy) is 1. The van der Waals surface area contributed by atoms with Crippen LogP contribution in [0.25, 0.3) is 0 Å². The third kappa shape index (κ3) is 6.48. The second-order valence-electron chi connectivity index (χ2n) is 8.38. The van der Waals surface area contributed by atoms with Gasteiger partial charge in [0, 0.05) is 17.8 Å².